The summed E-state index contributed by atoms with van der Waals surface area (Å²) in [5, 5.41) is 8.74. The molecule has 1 aliphatic rings. The van der Waals surface area contributed by atoms with Gasteiger partial charge in [-0.25, -0.2) is 0 Å². The number of aliphatic hydroxyl groups excluding tert-OH is 1. The van der Waals surface area contributed by atoms with E-state index < -0.39 is 0 Å². The summed E-state index contributed by atoms with van der Waals surface area (Å²) in [5.74, 6) is 0. The molecule has 0 amide bonds. The van der Waals surface area contributed by atoms with Gasteiger partial charge in [0, 0.05) is 0 Å². The molecule has 0 saturated heterocycles. The number of aliphatic hydroxyl groups is 1. The van der Waals surface area contributed by atoms with Crippen LogP contribution >= 0.6 is 0 Å². The van der Waals surface area contributed by atoms with Gasteiger partial charge < -0.3 is 5.11 Å². The predicted octanol–water partition coefficient (Wildman–Crippen LogP) is 0.705. The lowest BCUT2D eigenvalue weighted by molar-refractivity contribution is 0.246. The molecule has 0 aromatic heterocycles. The highest BCUT2D eigenvalue weighted by molar-refractivity contribution is 4.97. The topological polar surface area (TPSA) is 20.2 Å². The van der Waals surface area contributed by atoms with E-state index in [9.17, 15) is 0 Å². The Labute approximate surface area is 43.7 Å². The van der Waals surface area contributed by atoms with E-state index in [4.69, 9.17) is 5.11 Å². The smallest absolute Gasteiger partial charge is 0.0758 e. The van der Waals surface area contributed by atoms with E-state index in [2.05, 4.69) is 6.08 Å². The molecule has 0 saturated carbocycles. The van der Waals surface area contributed by atoms with Crippen LogP contribution in [0.5, 0.6) is 0 Å². The van der Waals surface area contributed by atoms with Crippen molar-refractivity contribution < 1.29 is 5.11 Å². The van der Waals surface area contributed by atoms with Crippen molar-refractivity contribution in [3.63, 3.8) is 0 Å². The van der Waals surface area contributed by atoms with Crippen molar-refractivity contribution in [2.45, 2.75) is 18.9 Å². The molecule has 0 bridgehead atoms. The maximum Gasteiger partial charge on any atom is 0.0758 e. The maximum absolute atomic E-state index is 8.74. The van der Waals surface area contributed by atoms with Crippen molar-refractivity contribution in [1.82, 2.24) is 0 Å². The Bertz CT molecular complexity index is 76.2. The molecule has 7 heavy (non-hydrogen) atoms. The lowest BCUT2D eigenvalue weighted by Gasteiger charge is -2.06. The molecule has 0 aromatic rings. The third kappa shape index (κ3) is 1.32. The van der Waals surface area contributed by atoms with Gasteiger partial charge in [-0.15, -0.1) is 0 Å². The summed E-state index contributed by atoms with van der Waals surface area (Å²) >= 11 is 0. The standard InChI is InChI=1S/C6H8O/c7-6-4-2-1-3-5-6/h4-7H,1-2H2. The normalized spacial score (nSPS) is 30.7. The first-order valence-corrected chi connectivity index (χ1v) is 2.48. The Morgan fingerprint density at radius 2 is 2.57 bits per heavy atom. The highest BCUT2D eigenvalue weighted by Gasteiger charge is 2.01. The van der Waals surface area contributed by atoms with Gasteiger partial charge in [-0.05, 0) is 25.3 Å². The van der Waals surface area contributed by atoms with Crippen LogP contribution in [0.1, 0.15) is 12.8 Å². The first-order valence-electron chi connectivity index (χ1n) is 2.48. The van der Waals surface area contributed by atoms with Gasteiger partial charge in [0.2, 0.25) is 0 Å². The van der Waals surface area contributed by atoms with E-state index in [1.165, 1.54) is 0 Å². The van der Waals surface area contributed by atoms with Crippen LogP contribution in [0.25, 0.3) is 0 Å². The number of hydrogen-bond acceptors (Lipinski definition) is 1. The van der Waals surface area contributed by atoms with Gasteiger partial charge in [0.15, 0.2) is 0 Å². The largest absolute Gasteiger partial charge is 0.389 e. The molecular formula is C6H8O. The minimum atomic E-state index is -0.325. The van der Waals surface area contributed by atoms with Crippen LogP contribution < -0.4 is 0 Å². The molecule has 38 valence electrons. The summed E-state index contributed by atoms with van der Waals surface area (Å²) in [6.45, 7) is 0. The predicted molar refractivity (Wildman–Crippen MR) is 27.4 cm³/mol. The van der Waals surface area contributed by atoms with Crippen molar-refractivity contribution in [3.8, 4) is 0 Å². The minimum absolute atomic E-state index is 0.325. The monoisotopic (exact) mass is 96.1 g/mol. The van der Waals surface area contributed by atoms with E-state index in [1.54, 1.807) is 6.08 Å². The van der Waals surface area contributed by atoms with Crippen molar-refractivity contribution in [1.29, 1.82) is 0 Å². The van der Waals surface area contributed by atoms with Gasteiger partial charge >= 0.3 is 0 Å². The Balaban J connectivity index is 2.36. The molecule has 2 radical (unpaired) electrons. The summed E-state index contributed by atoms with van der Waals surface area (Å²) in [6.07, 6.45) is 8.10. The molecular weight excluding hydrogens is 88.1 g/mol. The SMILES string of the molecule is OC1[CH]CC[C]=C1. The molecule has 0 aromatic carbocycles. The lowest BCUT2D eigenvalue weighted by Crippen LogP contribution is -2.05. The number of rotatable bonds is 0. The van der Waals surface area contributed by atoms with E-state index in [1.807, 2.05) is 6.42 Å². The van der Waals surface area contributed by atoms with Crippen LogP contribution in [-0.2, 0) is 0 Å². The van der Waals surface area contributed by atoms with E-state index >= 15 is 0 Å². The third-order valence-electron chi connectivity index (χ3n) is 0.985. The van der Waals surface area contributed by atoms with E-state index in [-0.39, 0.29) is 6.10 Å². The van der Waals surface area contributed by atoms with Gasteiger partial charge in [0.05, 0.1) is 6.10 Å². The molecule has 1 rings (SSSR count). The van der Waals surface area contributed by atoms with Crippen molar-refractivity contribution in [2.75, 3.05) is 0 Å². The zero-order valence-corrected chi connectivity index (χ0v) is 4.09. The zero-order valence-electron chi connectivity index (χ0n) is 4.09. The van der Waals surface area contributed by atoms with Crippen LogP contribution in [0.3, 0.4) is 0 Å². The molecule has 1 atom stereocenters. The van der Waals surface area contributed by atoms with Crippen molar-refractivity contribution in [3.05, 3.63) is 18.6 Å². The maximum atomic E-state index is 8.74. The van der Waals surface area contributed by atoms with Gasteiger partial charge in [-0.3, -0.25) is 0 Å². The summed E-state index contributed by atoms with van der Waals surface area (Å²) < 4.78 is 0. The van der Waals surface area contributed by atoms with Crippen LogP contribution in [0.2, 0.25) is 0 Å². The second-order valence-electron chi connectivity index (χ2n) is 1.64. The fourth-order valence-electron chi connectivity index (χ4n) is 0.610. The quantitative estimate of drug-likeness (QED) is 0.470. The zero-order chi connectivity index (χ0) is 5.11. The fraction of sp³-hybridized carbons (Fsp3) is 0.500. The van der Waals surface area contributed by atoms with Gasteiger partial charge in [-0.2, -0.15) is 0 Å². The molecule has 1 heteroatoms. The van der Waals surface area contributed by atoms with Crippen LogP contribution in [0.15, 0.2) is 6.08 Å². The summed E-state index contributed by atoms with van der Waals surface area (Å²) in [7, 11) is 0. The second kappa shape index (κ2) is 2.12. The van der Waals surface area contributed by atoms with E-state index in [0.29, 0.717) is 0 Å². The van der Waals surface area contributed by atoms with Crippen LogP contribution in [0, 0.1) is 12.5 Å². The molecule has 0 heterocycles. The summed E-state index contributed by atoms with van der Waals surface area (Å²) in [4.78, 5) is 0. The summed E-state index contributed by atoms with van der Waals surface area (Å²) in [5.41, 5.74) is 0. The molecule has 0 fully saturated rings. The average molecular weight is 96.1 g/mol. The molecule has 1 aliphatic carbocycles. The van der Waals surface area contributed by atoms with Gasteiger partial charge in [0.25, 0.3) is 0 Å². The Kier molecular flexibility index (Phi) is 1.47. The summed E-state index contributed by atoms with van der Waals surface area (Å²) in [6, 6.07) is 0. The highest BCUT2D eigenvalue weighted by atomic mass is 16.3. The Hall–Kier alpha value is -0.300. The number of hydrogen-bond donors (Lipinski definition) is 1. The third-order valence-corrected chi connectivity index (χ3v) is 0.985. The molecule has 0 spiro atoms. The molecule has 1 nitrogen and oxygen atoms in total. The number of allylic oxidation sites excluding steroid dienone is 1. The van der Waals surface area contributed by atoms with Gasteiger partial charge in [-0.1, -0.05) is 6.08 Å². The average Bonchev–Trinajstić information content (AvgIpc) is 1.69. The van der Waals surface area contributed by atoms with Crippen LogP contribution in [-0.4, -0.2) is 11.2 Å². The van der Waals surface area contributed by atoms with E-state index in [0.717, 1.165) is 12.8 Å². The fourth-order valence-corrected chi connectivity index (χ4v) is 0.610. The van der Waals surface area contributed by atoms with Crippen LogP contribution in [0.4, 0.5) is 0 Å². The van der Waals surface area contributed by atoms with Crippen molar-refractivity contribution >= 4 is 0 Å². The molecule has 0 aliphatic heterocycles. The molecule has 1 unspecified atom stereocenters. The Morgan fingerprint density at radius 3 is 2.86 bits per heavy atom. The van der Waals surface area contributed by atoms with Crippen molar-refractivity contribution in [2.24, 2.45) is 0 Å². The first-order chi connectivity index (χ1) is 3.39. The Morgan fingerprint density at radius 1 is 1.71 bits per heavy atom. The second-order valence-corrected chi connectivity index (χ2v) is 1.64. The minimum Gasteiger partial charge on any atom is -0.389 e. The first kappa shape index (κ1) is 4.85. The lowest BCUT2D eigenvalue weighted by atomic mass is 10.1. The van der Waals surface area contributed by atoms with Gasteiger partial charge in [0.1, 0.15) is 0 Å². The highest BCUT2D eigenvalue weighted by Crippen LogP contribution is 2.06. The molecule has 1 N–H and O–H groups in total.